The molecule has 0 bridgehead atoms. The maximum absolute atomic E-state index is 12.2. The molecule has 3 unspecified atom stereocenters. The van der Waals surface area contributed by atoms with Gasteiger partial charge in [0.1, 0.15) is 0 Å². The van der Waals surface area contributed by atoms with Crippen LogP contribution < -0.4 is 11.1 Å². The molecule has 1 amide bonds. The molecular formula is C15H30N2O. The molecule has 1 aliphatic rings. The average Bonchev–Trinajstić information content (AvgIpc) is 2.24. The monoisotopic (exact) mass is 254 g/mol. The van der Waals surface area contributed by atoms with Gasteiger partial charge in [-0.3, -0.25) is 4.79 Å². The summed E-state index contributed by atoms with van der Waals surface area (Å²) in [6, 6.07) is 0.371. The van der Waals surface area contributed by atoms with Crippen molar-refractivity contribution in [3.8, 4) is 0 Å². The summed E-state index contributed by atoms with van der Waals surface area (Å²) >= 11 is 0. The summed E-state index contributed by atoms with van der Waals surface area (Å²) in [4.78, 5) is 12.2. The van der Waals surface area contributed by atoms with Gasteiger partial charge in [-0.25, -0.2) is 0 Å². The molecule has 0 heterocycles. The molecule has 0 radical (unpaired) electrons. The quantitative estimate of drug-likeness (QED) is 0.810. The van der Waals surface area contributed by atoms with Crippen molar-refractivity contribution in [1.29, 1.82) is 0 Å². The number of rotatable bonds is 4. The van der Waals surface area contributed by atoms with Crippen LogP contribution in [-0.2, 0) is 4.79 Å². The predicted molar refractivity (Wildman–Crippen MR) is 76.2 cm³/mol. The van der Waals surface area contributed by atoms with Gasteiger partial charge in [-0.05, 0) is 30.6 Å². The highest BCUT2D eigenvalue weighted by Crippen LogP contribution is 2.26. The largest absolute Gasteiger partial charge is 0.353 e. The van der Waals surface area contributed by atoms with Crippen LogP contribution in [0.5, 0.6) is 0 Å². The van der Waals surface area contributed by atoms with Crippen molar-refractivity contribution in [3.05, 3.63) is 0 Å². The third-order valence-corrected chi connectivity index (χ3v) is 3.80. The van der Waals surface area contributed by atoms with Crippen molar-refractivity contribution < 1.29 is 4.79 Å². The zero-order valence-corrected chi connectivity index (χ0v) is 12.5. The molecule has 3 N–H and O–H groups in total. The van der Waals surface area contributed by atoms with Crippen molar-refractivity contribution in [2.45, 2.75) is 65.8 Å². The second-order valence-corrected chi connectivity index (χ2v) is 7.17. The second-order valence-electron chi connectivity index (χ2n) is 7.17. The summed E-state index contributed by atoms with van der Waals surface area (Å²) in [6.07, 6.45) is 5.65. The number of nitrogens with two attached hydrogens (primary N) is 1. The summed E-state index contributed by atoms with van der Waals surface area (Å²) in [5.41, 5.74) is 5.91. The number of carbonyl (C=O) groups excluding carboxylic acids is 1. The van der Waals surface area contributed by atoms with Gasteiger partial charge >= 0.3 is 0 Å². The van der Waals surface area contributed by atoms with E-state index in [2.05, 4.69) is 33.0 Å². The van der Waals surface area contributed by atoms with Crippen molar-refractivity contribution in [2.24, 2.45) is 23.0 Å². The highest BCUT2D eigenvalue weighted by molar-refractivity contribution is 5.79. The number of amides is 1. The Hall–Kier alpha value is -0.570. The lowest BCUT2D eigenvalue weighted by molar-refractivity contribution is -0.126. The minimum Gasteiger partial charge on any atom is -0.353 e. The van der Waals surface area contributed by atoms with E-state index in [0.29, 0.717) is 12.6 Å². The third kappa shape index (κ3) is 5.38. The van der Waals surface area contributed by atoms with Crippen LogP contribution in [0.4, 0.5) is 0 Å². The van der Waals surface area contributed by atoms with E-state index in [1.165, 1.54) is 12.8 Å². The topological polar surface area (TPSA) is 55.1 Å². The van der Waals surface area contributed by atoms with E-state index in [1.807, 2.05) is 0 Å². The number of hydrogen-bond acceptors (Lipinski definition) is 2. The average molecular weight is 254 g/mol. The Bertz CT molecular complexity index is 270. The van der Waals surface area contributed by atoms with Crippen LogP contribution in [0.2, 0.25) is 0 Å². The van der Waals surface area contributed by atoms with Gasteiger partial charge in [-0.1, -0.05) is 40.5 Å². The van der Waals surface area contributed by atoms with Gasteiger partial charge < -0.3 is 11.1 Å². The van der Waals surface area contributed by atoms with Gasteiger partial charge in [0.05, 0.1) is 5.92 Å². The Morgan fingerprint density at radius 1 is 1.39 bits per heavy atom. The molecule has 3 atom stereocenters. The molecule has 106 valence electrons. The van der Waals surface area contributed by atoms with Crippen LogP contribution in [0.25, 0.3) is 0 Å². The Kier molecular flexibility index (Phi) is 5.64. The molecule has 18 heavy (non-hydrogen) atoms. The van der Waals surface area contributed by atoms with Crippen molar-refractivity contribution >= 4 is 5.91 Å². The predicted octanol–water partition coefficient (Wildman–Crippen LogP) is 2.69. The van der Waals surface area contributed by atoms with E-state index in [9.17, 15) is 4.79 Å². The van der Waals surface area contributed by atoms with Gasteiger partial charge in [0.15, 0.2) is 0 Å². The molecule has 0 aliphatic heterocycles. The standard InChI is InChI=1S/C15H30N2O/c1-11-6-5-7-13(8-11)17-14(18)12(10-16)9-15(2,3)4/h11-13H,5-10,16H2,1-4H3,(H,17,18). The zero-order chi connectivity index (χ0) is 13.8. The maximum Gasteiger partial charge on any atom is 0.224 e. The fourth-order valence-corrected chi connectivity index (χ4v) is 2.91. The van der Waals surface area contributed by atoms with E-state index in [1.54, 1.807) is 0 Å². The summed E-state index contributed by atoms with van der Waals surface area (Å²) in [7, 11) is 0. The van der Waals surface area contributed by atoms with Gasteiger partial charge in [-0.15, -0.1) is 0 Å². The van der Waals surface area contributed by atoms with Gasteiger partial charge in [0.25, 0.3) is 0 Å². The second kappa shape index (κ2) is 6.55. The molecular weight excluding hydrogens is 224 g/mol. The lowest BCUT2D eigenvalue weighted by Gasteiger charge is -2.30. The molecule has 3 heteroatoms. The molecule has 0 aromatic carbocycles. The van der Waals surface area contributed by atoms with E-state index in [-0.39, 0.29) is 17.2 Å². The summed E-state index contributed by atoms with van der Waals surface area (Å²) in [5, 5.41) is 3.20. The zero-order valence-electron chi connectivity index (χ0n) is 12.5. The Balaban J connectivity index is 2.46. The van der Waals surface area contributed by atoms with Crippen LogP contribution in [0, 0.1) is 17.3 Å². The summed E-state index contributed by atoms with van der Waals surface area (Å²) in [6.45, 7) is 9.20. The first kappa shape index (κ1) is 15.5. The number of carbonyl (C=O) groups is 1. The fourth-order valence-electron chi connectivity index (χ4n) is 2.91. The first-order valence-corrected chi connectivity index (χ1v) is 7.32. The van der Waals surface area contributed by atoms with Gasteiger partial charge in [0, 0.05) is 12.6 Å². The third-order valence-electron chi connectivity index (χ3n) is 3.80. The van der Waals surface area contributed by atoms with Crippen LogP contribution in [-0.4, -0.2) is 18.5 Å². The Labute approximate surface area is 112 Å². The lowest BCUT2D eigenvalue weighted by Crippen LogP contribution is -2.44. The number of hydrogen-bond donors (Lipinski definition) is 2. The van der Waals surface area contributed by atoms with E-state index >= 15 is 0 Å². The van der Waals surface area contributed by atoms with Crippen LogP contribution in [0.3, 0.4) is 0 Å². The maximum atomic E-state index is 12.2. The Morgan fingerprint density at radius 2 is 2.06 bits per heavy atom. The summed E-state index contributed by atoms with van der Waals surface area (Å²) < 4.78 is 0. The molecule has 3 nitrogen and oxygen atoms in total. The van der Waals surface area contributed by atoms with E-state index in [0.717, 1.165) is 25.2 Å². The Morgan fingerprint density at radius 3 is 2.56 bits per heavy atom. The highest BCUT2D eigenvalue weighted by Gasteiger charge is 2.27. The van der Waals surface area contributed by atoms with Gasteiger partial charge in [-0.2, -0.15) is 0 Å². The number of nitrogens with one attached hydrogen (secondary N) is 1. The van der Waals surface area contributed by atoms with Crippen molar-refractivity contribution in [1.82, 2.24) is 5.32 Å². The molecule has 1 saturated carbocycles. The molecule has 1 rings (SSSR count). The van der Waals surface area contributed by atoms with Crippen LogP contribution in [0.1, 0.15) is 59.8 Å². The van der Waals surface area contributed by atoms with Crippen molar-refractivity contribution in [3.63, 3.8) is 0 Å². The normalized spacial score (nSPS) is 26.7. The molecule has 0 spiro atoms. The molecule has 0 aromatic heterocycles. The summed E-state index contributed by atoms with van der Waals surface area (Å²) in [5.74, 6) is 0.858. The fraction of sp³-hybridized carbons (Fsp3) is 0.933. The minimum atomic E-state index is -0.0396. The van der Waals surface area contributed by atoms with Crippen molar-refractivity contribution in [2.75, 3.05) is 6.54 Å². The molecule has 0 saturated heterocycles. The first-order valence-electron chi connectivity index (χ1n) is 7.32. The van der Waals surface area contributed by atoms with Crippen LogP contribution >= 0.6 is 0 Å². The van der Waals surface area contributed by atoms with Crippen LogP contribution in [0.15, 0.2) is 0 Å². The smallest absolute Gasteiger partial charge is 0.224 e. The molecule has 0 aromatic rings. The van der Waals surface area contributed by atoms with E-state index < -0.39 is 0 Å². The van der Waals surface area contributed by atoms with Gasteiger partial charge in [0.2, 0.25) is 5.91 Å². The van der Waals surface area contributed by atoms with E-state index in [4.69, 9.17) is 5.73 Å². The molecule has 1 aliphatic carbocycles. The molecule has 1 fully saturated rings. The minimum absolute atomic E-state index is 0.0396. The SMILES string of the molecule is CC1CCCC(NC(=O)C(CN)CC(C)(C)C)C1. The highest BCUT2D eigenvalue weighted by atomic mass is 16.1. The lowest BCUT2D eigenvalue weighted by atomic mass is 9.83. The first-order chi connectivity index (χ1) is 8.31.